The van der Waals surface area contributed by atoms with E-state index in [-0.39, 0.29) is 0 Å². The molecule has 0 aromatic heterocycles. The van der Waals surface area contributed by atoms with Crippen LogP contribution in [0, 0.1) is 0 Å². The standard InChI is InChI=1S/C22H29Cl2N3O2/c1-2-28-22-14-17(15-26-9-12-27-10-7-25-8-11-27)4-6-21(22)29-16-18-3-5-19(23)20(24)13-18/h3-6,13-14,25-26H,2,7-12,15-16H2,1H3. The highest BCUT2D eigenvalue weighted by molar-refractivity contribution is 6.42. The number of piperazine rings is 1. The van der Waals surface area contributed by atoms with Crippen LogP contribution in [0.15, 0.2) is 36.4 Å². The summed E-state index contributed by atoms with van der Waals surface area (Å²) < 4.78 is 11.8. The van der Waals surface area contributed by atoms with Crippen LogP contribution < -0.4 is 20.1 Å². The summed E-state index contributed by atoms with van der Waals surface area (Å²) in [5, 5.41) is 7.97. The number of hydrogen-bond acceptors (Lipinski definition) is 5. The maximum absolute atomic E-state index is 6.08. The minimum absolute atomic E-state index is 0.402. The Bertz CT molecular complexity index is 783. The first-order valence-electron chi connectivity index (χ1n) is 10.1. The normalized spacial score (nSPS) is 14.7. The second-order valence-electron chi connectivity index (χ2n) is 7.02. The molecule has 0 spiro atoms. The van der Waals surface area contributed by atoms with Crippen LogP contribution >= 0.6 is 23.2 Å². The number of halogens is 2. The van der Waals surface area contributed by atoms with E-state index in [0.29, 0.717) is 23.3 Å². The molecule has 0 saturated carbocycles. The third-order valence-corrected chi connectivity index (χ3v) is 5.57. The largest absolute Gasteiger partial charge is 0.490 e. The molecule has 0 atom stereocenters. The van der Waals surface area contributed by atoms with Gasteiger partial charge >= 0.3 is 0 Å². The van der Waals surface area contributed by atoms with Gasteiger partial charge in [-0.2, -0.15) is 0 Å². The van der Waals surface area contributed by atoms with Gasteiger partial charge in [-0.1, -0.05) is 35.3 Å². The van der Waals surface area contributed by atoms with Crippen molar-refractivity contribution in [2.24, 2.45) is 0 Å². The van der Waals surface area contributed by atoms with E-state index in [9.17, 15) is 0 Å². The van der Waals surface area contributed by atoms with E-state index in [0.717, 1.165) is 62.9 Å². The molecular formula is C22H29Cl2N3O2. The van der Waals surface area contributed by atoms with Crippen molar-refractivity contribution in [1.29, 1.82) is 0 Å². The zero-order valence-corrected chi connectivity index (χ0v) is 18.4. The average Bonchev–Trinajstić information content (AvgIpc) is 2.74. The molecule has 1 aliphatic heterocycles. The molecule has 158 valence electrons. The first kappa shape index (κ1) is 22.2. The van der Waals surface area contributed by atoms with Crippen LogP contribution in [0.25, 0.3) is 0 Å². The number of hydrogen-bond donors (Lipinski definition) is 2. The predicted molar refractivity (Wildman–Crippen MR) is 119 cm³/mol. The van der Waals surface area contributed by atoms with Gasteiger partial charge in [0.2, 0.25) is 0 Å². The van der Waals surface area contributed by atoms with Crippen LogP contribution in [-0.2, 0) is 13.2 Å². The second kappa shape index (κ2) is 11.6. The van der Waals surface area contributed by atoms with Crippen molar-refractivity contribution in [2.45, 2.75) is 20.1 Å². The Labute approximate surface area is 183 Å². The Hall–Kier alpha value is -1.50. The first-order valence-corrected chi connectivity index (χ1v) is 10.9. The van der Waals surface area contributed by atoms with E-state index < -0.39 is 0 Å². The first-order chi connectivity index (χ1) is 14.2. The summed E-state index contributed by atoms with van der Waals surface area (Å²) in [7, 11) is 0. The predicted octanol–water partition coefficient (Wildman–Crippen LogP) is 3.97. The minimum Gasteiger partial charge on any atom is -0.490 e. The van der Waals surface area contributed by atoms with Crippen molar-refractivity contribution in [2.75, 3.05) is 45.9 Å². The summed E-state index contributed by atoms with van der Waals surface area (Å²) >= 11 is 12.1. The van der Waals surface area contributed by atoms with Crippen molar-refractivity contribution in [3.8, 4) is 11.5 Å². The van der Waals surface area contributed by atoms with E-state index in [1.807, 2.05) is 31.2 Å². The van der Waals surface area contributed by atoms with Gasteiger partial charge in [0.15, 0.2) is 11.5 Å². The monoisotopic (exact) mass is 437 g/mol. The number of ether oxygens (including phenoxy) is 2. The lowest BCUT2D eigenvalue weighted by molar-refractivity contribution is 0.241. The smallest absolute Gasteiger partial charge is 0.161 e. The number of nitrogens with zero attached hydrogens (tertiary/aromatic N) is 1. The highest BCUT2D eigenvalue weighted by Crippen LogP contribution is 2.30. The van der Waals surface area contributed by atoms with E-state index in [1.54, 1.807) is 6.07 Å². The quantitative estimate of drug-likeness (QED) is 0.550. The molecule has 1 saturated heterocycles. The van der Waals surface area contributed by atoms with Crippen LogP contribution in [0.5, 0.6) is 11.5 Å². The summed E-state index contributed by atoms with van der Waals surface area (Å²) in [4.78, 5) is 2.48. The molecule has 0 unspecified atom stereocenters. The van der Waals surface area contributed by atoms with Crippen LogP contribution in [0.3, 0.4) is 0 Å². The fraction of sp³-hybridized carbons (Fsp3) is 0.455. The molecule has 1 fully saturated rings. The Morgan fingerprint density at radius 2 is 1.76 bits per heavy atom. The zero-order valence-electron chi connectivity index (χ0n) is 16.8. The molecule has 0 radical (unpaired) electrons. The van der Waals surface area contributed by atoms with E-state index >= 15 is 0 Å². The van der Waals surface area contributed by atoms with Gasteiger partial charge in [0, 0.05) is 45.8 Å². The fourth-order valence-electron chi connectivity index (χ4n) is 3.25. The zero-order chi connectivity index (χ0) is 20.5. The molecule has 2 N–H and O–H groups in total. The fourth-order valence-corrected chi connectivity index (χ4v) is 3.57. The number of benzene rings is 2. The van der Waals surface area contributed by atoms with Gasteiger partial charge < -0.3 is 20.1 Å². The number of rotatable bonds is 10. The summed E-state index contributed by atoms with van der Waals surface area (Å²) in [5.74, 6) is 1.48. The van der Waals surface area contributed by atoms with Gasteiger partial charge in [-0.05, 0) is 42.3 Å². The van der Waals surface area contributed by atoms with Crippen molar-refractivity contribution in [1.82, 2.24) is 15.5 Å². The van der Waals surface area contributed by atoms with Gasteiger partial charge in [-0.3, -0.25) is 4.90 Å². The van der Waals surface area contributed by atoms with Gasteiger partial charge in [0.05, 0.1) is 16.7 Å². The summed E-state index contributed by atoms with van der Waals surface area (Å²) in [6.07, 6.45) is 0. The lowest BCUT2D eigenvalue weighted by atomic mass is 10.2. The van der Waals surface area contributed by atoms with Crippen molar-refractivity contribution in [3.05, 3.63) is 57.6 Å². The maximum atomic E-state index is 6.08. The van der Waals surface area contributed by atoms with Gasteiger partial charge in [0.1, 0.15) is 6.61 Å². The topological polar surface area (TPSA) is 45.8 Å². The Balaban J connectivity index is 1.52. The molecule has 1 aliphatic rings. The van der Waals surface area contributed by atoms with Gasteiger partial charge in [0.25, 0.3) is 0 Å². The van der Waals surface area contributed by atoms with Crippen LogP contribution in [0.2, 0.25) is 10.0 Å². The SMILES string of the molecule is CCOc1cc(CNCCN2CCNCC2)ccc1OCc1ccc(Cl)c(Cl)c1. The van der Waals surface area contributed by atoms with Crippen molar-refractivity contribution < 1.29 is 9.47 Å². The minimum atomic E-state index is 0.402. The van der Waals surface area contributed by atoms with Gasteiger partial charge in [-0.15, -0.1) is 0 Å². The molecule has 1 heterocycles. The lowest BCUT2D eigenvalue weighted by Crippen LogP contribution is -2.45. The van der Waals surface area contributed by atoms with Gasteiger partial charge in [-0.25, -0.2) is 0 Å². The molecule has 2 aromatic rings. The molecule has 0 amide bonds. The van der Waals surface area contributed by atoms with Crippen LogP contribution in [0.4, 0.5) is 0 Å². The molecule has 2 aromatic carbocycles. The number of nitrogens with one attached hydrogen (secondary N) is 2. The highest BCUT2D eigenvalue weighted by Gasteiger charge is 2.10. The molecule has 0 bridgehead atoms. The van der Waals surface area contributed by atoms with Crippen LogP contribution in [0.1, 0.15) is 18.1 Å². The molecule has 7 heteroatoms. The highest BCUT2D eigenvalue weighted by atomic mass is 35.5. The molecule has 3 rings (SSSR count). The average molecular weight is 438 g/mol. The van der Waals surface area contributed by atoms with Crippen molar-refractivity contribution in [3.63, 3.8) is 0 Å². The third-order valence-electron chi connectivity index (χ3n) is 4.83. The maximum Gasteiger partial charge on any atom is 0.161 e. The van der Waals surface area contributed by atoms with E-state index in [1.165, 1.54) is 5.56 Å². The molecule has 5 nitrogen and oxygen atoms in total. The second-order valence-corrected chi connectivity index (χ2v) is 7.83. The third kappa shape index (κ3) is 7.05. The Morgan fingerprint density at radius 1 is 0.966 bits per heavy atom. The molecule has 0 aliphatic carbocycles. The lowest BCUT2D eigenvalue weighted by Gasteiger charge is -2.27. The Morgan fingerprint density at radius 3 is 2.52 bits per heavy atom. The molecular weight excluding hydrogens is 409 g/mol. The van der Waals surface area contributed by atoms with E-state index in [4.69, 9.17) is 32.7 Å². The van der Waals surface area contributed by atoms with E-state index in [2.05, 4.69) is 21.6 Å². The summed E-state index contributed by atoms with van der Waals surface area (Å²) in [6, 6.07) is 11.6. The Kier molecular flexibility index (Phi) is 8.90. The van der Waals surface area contributed by atoms with Crippen LogP contribution in [-0.4, -0.2) is 50.8 Å². The van der Waals surface area contributed by atoms with Crippen molar-refractivity contribution >= 4 is 23.2 Å². The summed E-state index contributed by atoms with van der Waals surface area (Å²) in [5.41, 5.74) is 2.14. The summed E-state index contributed by atoms with van der Waals surface area (Å²) in [6.45, 7) is 10.2. The molecule has 29 heavy (non-hydrogen) atoms.